The van der Waals surface area contributed by atoms with Crippen LogP contribution in [-0.4, -0.2) is 60.2 Å². The second-order valence-corrected chi connectivity index (χ2v) is 6.94. The van der Waals surface area contributed by atoms with Crippen molar-refractivity contribution in [2.45, 2.75) is 26.4 Å². The molecule has 1 saturated heterocycles. The second kappa shape index (κ2) is 9.91. The summed E-state index contributed by atoms with van der Waals surface area (Å²) in [7, 11) is 1.57. The minimum absolute atomic E-state index is 0.000260. The van der Waals surface area contributed by atoms with E-state index in [1.807, 2.05) is 42.2 Å². The fourth-order valence-electron chi connectivity index (χ4n) is 3.04. The van der Waals surface area contributed by atoms with Crippen LogP contribution in [0.15, 0.2) is 42.7 Å². The zero-order valence-corrected chi connectivity index (χ0v) is 17.2. The van der Waals surface area contributed by atoms with Crippen molar-refractivity contribution < 1.29 is 14.3 Å². The van der Waals surface area contributed by atoms with Gasteiger partial charge >= 0.3 is 0 Å². The van der Waals surface area contributed by atoms with Gasteiger partial charge in [-0.05, 0) is 25.5 Å². The lowest BCUT2D eigenvalue weighted by Gasteiger charge is -2.34. The molecule has 7 nitrogen and oxygen atoms in total. The molecule has 1 aromatic heterocycles. The first-order valence-electron chi connectivity index (χ1n) is 9.94. The Kier molecular flexibility index (Phi) is 7.05. The van der Waals surface area contributed by atoms with Crippen molar-refractivity contribution in [2.24, 2.45) is 0 Å². The summed E-state index contributed by atoms with van der Waals surface area (Å²) in [4.78, 5) is 25.2. The molecule has 1 amide bonds. The van der Waals surface area contributed by atoms with E-state index in [4.69, 9.17) is 9.47 Å². The van der Waals surface area contributed by atoms with Gasteiger partial charge in [0, 0.05) is 37.8 Å². The number of hydrogen-bond acceptors (Lipinski definition) is 6. The van der Waals surface area contributed by atoms with Crippen LogP contribution in [0.5, 0.6) is 11.6 Å². The summed E-state index contributed by atoms with van der Waals surface area (Å²) in [6, 6.07) is 7.78. The first-order valence-corrected chi connectivity index (χ1v) is 9.94. The molecule has 0 N–H and O–H groups in total. The molecule has 2 heterocycles. The molecule has 1 unspecified atom stereocenters. The van der Waals surface area contributed by atoms with Gasteiger partial charge in [0.25, 0.3) is 0 Å². The smallest absolute Gasteiger partial charge is 0.246 e. The Morgan fingerprint density at radius 1 is 1.21 bits per heavy atom. The molecule has 1 aliphatic rings. The van der Waals surface area contributed by atoms with E-state index in [-0.39, 0.29) is 12.0 Å². The Morgan fingerprint density at radius 3 is 2.69 bits per heavy atom. The lowest BCUT2D eigenvalue weighted by Crippen LogP contribution is -2.48. The average molecular weight is 396 g/mol. The third kappa shape index (κ3) is 5.47. The molecule has 29 heavy (non-hydrogen) atoms. The van der Waals surface area contributed by atoms with Crippen LogP contribution >= 0.6 is 0 Å². The molecular formula is C22H28N4O3. The van der Waals surface area contributed by atoms with Crippen molar-refractivity contribution in [3.05, 3.63) is 48.3 Å². The Labute approximate surface area is 172 Å². The molecule has 0 bridgehead atoms. The van der Waals surface area contributed by atoms with Crippen LogP contribution in [0.25, 0.3) is 6.08 Å². The molecule has 1 aliphatic heterocycles. The van der Waals surface area contributed by atoms with Gasteiger partial charge in [0.05, 0.1) is 25.6 Å². The summed E-state index contributed by atoms with van der Waals surface area (Å²) in [6.45, 7) is 6.80. The molecule has 0 aliphatic carbocycles. The number of para-hydroxylation sites is 1. The molecule has 0 saturated carbocycles. The van der Waals surface area contributed by atoms with E-state index in [1.54, 1.807) is 25.6 Å². The van der Waals surface area contributed by atoms with Gasteiger partial charge in [0.1, 0.15) is 5.75 Å². The normalized spacial score (nSPS) is 15.4. The molecule has 7 heteroatoms. The molecule has 2 aromatic rings. The highest BCUT2D eigenvalue weighted by Gasteiger charge is 2.21. The van der Waals surface area contributed by atoms with Crippen LogP contribution in [0.3, 0.4) is 0 Å². The van der Waals surface area contributed by atoms with Crippen LogP contribution in [-0.2, 0) is 4.79 Å². The van der Waals surface area contributed by atoms with E-state index in [0.717, 1.165) is 23.6 Å². The lowest BCUT2D eigenvalue weighted by atomic mass is 10.1. The number of amides is 1. The number of anilines is 1. The molecule has 0 radical (unpaired) electrons. The zero-order chi connectivity index (χ0) is 20.6. The van der Waals surface area contributed by atoms with E-state index < -0.39 is 0 Å². The predicted molar refractivity (Wildman–Crippen MR) is 113 cm³/mol. The second-order valence-electron chi connectivity index (χ2n) is 6.94. The molecule has 1 fully saturated rings. The molecule has 3 rings (SSSR count). The minimum atomic E-state index is -0.000260. The Morgan fingerprint density at radius 2 is 1.97 bits per heavy atom. The van der Waals surface area contributed by atoms with Crippen LogP contribution in [0.2, 0.25) is 0 Å². The van der Waals surface area contributed by atoms with Gasteiger partial charge in [-0.25, -0.2) is 0 Å². The monoisotopic (exact) mass is 396 g/mol. The highest BCUT2D eigenvalue weighted by atomic mass is 16.5. The van der Waals surface area contributed by atoms with Crippen LogP contribution in [0.4, 0.5) is 5.82 Å². The zero-order valence-electron chi connectivity index (χ0n) is 17.2. The summed E-state index contributed by atoms with van der Waals surface area (Å²) >= 11 is 0. The van der Waals surface area contributed by atoms with E-state index in [1.165, 1.54) is 0 Å². The lowest BCUT2D eigenvalue weighted by molar-refractivity contribution is -0.126. The van der Waals surface area contributed by atoms with Gasteiger partial charge in [-0.2, -0.15) is 4.98 Å². The van der Waals surface area contributed by atoms with Gasteiger partial charge in [-0.15, -0.1) is 0 Å². The number of aromatic nitrogens is 2. The average Bonchev–Trinajstić information content (AvgIpc) is 2.78. The molecular weight excluding hydrogens is 368 g/mol. The summed E-state index contributed by atoms with van der Waals surface area (Å²) < 4.78 is 11.1. The number of carbonyl (C=O) groups is 1. The van der Waals surface area contributed by atoms with Gasteiger partial charge in [0.2, 0.25) is 11.8 Å². The Balaban J connectivity index is 1.59. The molecule has 1 aromatic carbocycles. The van der Waals surface area contributed by atoms with Crippen LogP contribution in [0.1, 0.15) is 25.8 Å². The first-order chi connectivity index (χ1) is 14.1. The van der Waals surface area contributed by atoms with E-state index in [0.29, 0.717) is 32.1 Å². The number of ether oxygens (including phenoxy) is 2. The predicted octanol–water partition coefficient (Wildman–Crippen LogP) is 3.02. The maximum Gasteiger partial charge on any atom is 0.246 e. The summed E-state index contributed by atoms with van der Waals surface area (Å²) in [5.74, 6) is 2.05. The van der Waals surface area contributed by atoms with Gasteiger partial charge in [-0.1, -0.05) is 25.1 Å². The van der Waals surface area contributed by atoms with Crippen molar-refractivity contribution >= 4 is 17.8 Å². The van der Waals surface area contributed by atoms with Crippen molar-refractivity contribution in [3.8, 4) is 11.6 Å². The number of carbonyl (C=O) groups excluding carboxylic acids is 1. The van der Waals surface area contributed by atoms with Gasteiger partial charge < -0.3 is 19.3 Å². The van der Waals surface area contributed by atoms with Crippen LogP contribution in [0, 0.1) is 0 Å². The number of piperazine rings is 1. The maximum atomic E-state index is 12.6. The van der Waals surface area contributed by atoms with Crippen molar-refractivity contribution in [1.29, 1.82) is 0 Å². The topological polar surface area (TPSA) is 67.8 Å². The van der Waals surface area contributed by atoms with E-state index in [2.05, 4.69) is 21.8 Å². The third-order valence-corrected chi connectivity index (χ3v) is 4.95. The Bertz CT molecular complexity index is 847. The van der Waals surface area contributed by atoms with Crippen molar-refractivity contribution in [1.82, 2.24) is 14.9 Å². The molecule has 1 atom stereocenters. The van der Waals surface area contributed by atoms with E-state index >= 15 is 0 Å². The minimum Gasteiger partial charge on any atom is -0.490 e. The highest BCUT2D eigenvalue weighted by molar-refractivity contribution is 5.92. The summed E-state index contributed by atoms with van der Waals surface area (Å²) in [5, 5.41) is 0. The van der Waals surface area contributed by atoms with Crippen LogP contribution < -0.4 is 14.4 Å². The quantitative estimate of drug-likeness (QED) is 0.670. The third-order valence-electron chi connectivity index (χ3n) is 4.95. The largest absolute Gasteiger partial charge is 0.490 e. The van der Waals surface area contributed by atoms with E-state index in [9.17, 15) is 4.79 Å². The standard InChI is InChI=1S/C22H28N4O3/c1-4-17(2)29-19-8-6-5-7-18(19)9-10-22(27)26-13-11-25(12-14-26)20-15-23-16-21(24-20)28-3/h5-10,15-17H,4,11-14H2,1-3H3/b10-9+. The molecule has 154 valence electrons. The van der Waals surface area contributed by atoms with Crippen molar-refractivity contribution in [2.75, 3.05) is 38.2 Å². The highest BCUT2D eigenvalue weighted by Crippen LogP contribution is 2.22. The van der Waals surface area contributed by atoms with Gasteiger partial charge in [0.15, 0.2) is 5.82 Å². The van der Waals surface area contributed by atoms with Crippen molar-refractivity contribution in [3.63, 3.8) is 0 Å². The Hall–Kier alpha value is -3.09. The number of benzene rings is 1. The van der Waals surface area contributed by atoms with Gasteiger partial charge in [-0.3, -0.25) is 9.78 Å². The number of nitrogens with zero attached hydrogens (tertiary/aromatic N) is 4. The molecule has 0 spiro atoms. The fraction of sp³-hybridized carbons (Fsp3) is 0.409. The number of methoxy groups -OCH3 is 1. The first kappa shape index (κ1) is 20.6. The fourth-order valence-corrected chi connectivity index (χ4v) is 3.04. The summed E-state index contributed by atoms with van der Waals surface area (Å²) in [5.41, 5.74) is 0.909. The number of rotatable bonds is 7. The maximum absolute atomic E-state index is 12.6. The number of hydrogen-bond donors (Lipinski definition) is 0. The summed E-state index contributed by atoms with van der Waals surface area (Å²) in [6.07, 6.45) is 7.82. The SMILES string of the molecule is CCC(C)Oc1ccccc1/C=C/C(=O)N1CCN(c2cncc(OC)n2)CC1.